The fourth-order valence-electron chi connectivity index (χ4n) is 15.9. The molecule has 574 valence electrons. The van der Waals surface area contributed by atoms with Gasteiger partial charge in [-0.05, 0) is 84.1 Å². The zero-order valence-electron chi connectivity index (χ0n) is 67.3. The Bertz CT molecular complexity index is 2050. The predicted octanol–water partition coefficient (Wildman–Crippen LogP) is 35.8. The van der Waals surface area contributed by atoms with Gasteiger partial charge in [-0.2, -0.15) is 0 Å². The lowest BCUT2D eigenvalue weighted by Crippen LogP contribution is -2.03. The molecule has 0 atom stereocenters. The zero-order chi connectivity index (χ0) is 69.9. The molecule has 0 bridgehead atoms. The number of rotatable bonds is 78. The summed E-state index contributed by atoms with van der Waals surface area (Å²) in [5.41, 5.74) is 8.37. The van der Waals surface area contributed by atoms with Crippen molar-refractivity contribution in [2.75, 3.05) is 0 Å². The molecule has 4 heterocycles. The Balaban J connectivity index is 1.31. The Morgan fingerprint density at radius 3 is 0.556 bits per heavy atom. The van der Waals surface area contributed by atoms with Crippen molar-refractivity contribution in [2.45, 2.75) is 524 Å². The summed E-state index contributed by atoms with van der Waals surface area (Å²) in [6.45, 7) is 9.30. The average Bonchev–Trinajstić information content (AvgIpc) is 1.62. The molecule has 2 radical (unpaired) electrons. The van der Waals surface area contributed by atoms with Crippen molar-refractivity contribution >= 4 is 44.2 Å². The maximum Gasteiger partial charge on any atom is 0.114 e. The highest BCUT2D eigenvalue weighted by Gasteiger charge is 2.26. The third kappa shape index (κ3) is 49.2. The summed E-state index contributed by atoms with van der Waals surface area (Å²) in [5.74, 6) is 0. The lowest BCUT2D eigenvalue weighted by molar-refractivity contribution is 0.524. The van der Waals surface area contributed by atoms with Crippen molar-refractivity contribution in [3.05, 3.63) is 56.3 Å². The molecule has 0 saturated carbocycles. The Hall–Kier alpha value is -1.30. The Kier molecular flexibility index (Phi) is 62.3. The van der Waals surface area contributed by atoms with E-state index in [2.05, 4.69) is 72.8 Å². The van der Waals surface area contributed by atoms with E-state index in [1.807, 2.05) is 0 Å². The number of hydrogen-bond donors (Lipinski definition) is 0. The molecule has 2 aromatic heterocycles. The van der Waals surface area contributed by atoms with Gasteiger partial charge in [0.1, 0.15) is 11.0 Å². The van der Waals surface area contributed by atoms with Crippen molar-refractivity contribution in [2.24, 2.45) is 0 Å². The molecule has 5 heteroatoms. The summed E-state index contributed by atoms with van der Waals surface area (Å²) in [4.78, 5) is 11.8. The number of unbranched alkanes of at least 4 members (excludes halogenated alkanes) is 68. The molecule has 0 N–H and O–H groups in total. The second-order valence-electron chi connectivity index (χ2n) is 32.3. The summed E-state index contributed by atoms with van der Waals surface area (Å²) >= 11 is 2.10. The van der Waals surface area contributed by atoms with Crippen molar-refractivity contribution in [1.82, 2.24) is 9.97 Å². The first-order valence-electron chi connectivity index (χ1n) is 45.7. The first-order chi connectivity index (χ1) is 49.2. The second kappa shape index (κ2) is 68.5. The highest BCUT2D eigenvalue weighted by molar-refractivity contribution is 8.25. The van der Waals surface area contributed by atoms with Crippen molar-refractivity contribution in [1.29, 1.82) is 0 Å². The van der Waals surface area contributed by atoms with Crippen LogP contribution in [-0.2, 0) is 12.8 Å². The molecule has 0 aliphatic carbocycles. The van der Waals surface area contributed by atoms with Crippen LogP contribution in [0, 0.1) is 0 Å². The van der Waals surface area contributed by atoms with E-state index in [1.54, 1.807) is 11.1 Å². The van der Waals surface area contributed by atoms with Crippen LogP contribution in [0.2, 0.25) is 0 Å². The van der Waals surface area contributed by atoms with Gasteiger partial charge in [0.15, 0.2) is 0 Å². The molecule has 4 rings (SSSR count). The summed E-state index contributed by atoms with van der Waals surface area (Å²) in [7, 11) is -0.0713. The molecule has 0 unspecified atom stereocenters. The highest BCUT2D eigenvalue weighted by atomic mass is 32.2. The molecular weight excluding hydrogens is 1250 g/mol. The maximum atomic E-state index is 5.90. The predicted molar refractivity (Wildman–Crippen MR) is 455 cm³/mol. The van der Waals surface area contributed by atoms with Crippen LogP contribution >= 0.6 is 33.1 Å². The molecular formula is C94H170N2S3. The third-order valence-corrected chi connectivity index (χ3v) is 28.3. The molecule has 0 spiro atoms. The van der Waals surface area contributed by atoms with Crippen LogP contribution in [0.25, 0.3) is 11.0 Å². The number of nitrogens with zero attached hydrogens (tertiary/aromatic N) is 2. The fraction of sp³-hybridized carbons (Fsp3) is 0.851. The maximum absolute atomic E-state index is 5.90. The molecule has 0 aromatic carbocycles. The van der Waals surface area contributed by atoms with Crippen LogP contribution in [0.15, 0.2) is 53.3 Å². The minimum absolute atomic E-state index is 0.0356. The average molecular weight is 1420 g/mol. The highest BCUT2D eigenvalue weighted by Crippen LogP contribution is 2.58. The second-order valence-corrected chi connectivity index (χ2v) is 37.1. The summed E-state index contributed by atoms with van der Waals surface area (Å²) < 4.78 is 3.00. The third-order valence-electron chi connectivity index (χ3n) is 22.6. The van der Waals surface area contributed by atoms with Crippen LogP contribution in [0.4, 0.5) is 0 Å². The van der Waals surface area contributed by atoms with E-state index < -0.39 is 0 Å². The van der Waals surface area contributed by atoms with Gasteiger partial charge in [0.2, 0.25) is 0 Å². The molecule has 99 heavy (non-hydrogen) atoms. The smallest absolute Gasteiger partial charge is 0.114 e. The standard InChI is InChI=1S/C94H170N2S3/c1-5-9-13-17-21-25-29-33-37-41-45-49-53-57-61-65-69-73-77-87-81-83-98(85-87)93-91-92(94(97-93)99-84-82-88(86-99)78-74-70-66-62-58-54-50-46-42-38-34-30-26-22-18-14-10-6-2)96-90(80-76-72-68-64-60-56-52-48-44-40-36-32-28-24-20-16-12-8-4)89(95-91)79-75-71-67-63-59-55-51-47-43-39-35-31-27-23-19-15-11-7-3/h81-86H,5-80H2,1-4H3. The van der Waals surface area contributed by atoms with Gasteiger partial charge in [-0.3, -0.25) is 0 Å². The molecule has 0 fully saturated rings. The number of aromatic nitrogens is 2. The first kappa shape index (κ1) is 90.1. The normalized spacial score (nSPS) is 13.5. The van der Waals surface area contributed by atoms with Gasteiger partial charge in [-0.15, -0.1) is 33.1 Å². The first-order valence-corrected chi connectivity index (χ1v) is 49.2. The van der Waals surface area contributed by atoms with Crippen molar-refractivity contribution < 1.29 is 0 Å². The van der Waals surface area contributed by atoms with Gasteiger partial charge in [-0.25, -0.2) is 9.97 Å². The van der Waals surface area contributed by atoms with E-state index in [0.717, 1.165) is 12.8 Å². The molecule has 2 aliphatic rings. The van der Waals surface area contributed by atoms with E-state index in [-0.39, 0.29) is 21.8 Å². The van der Waals surface area contributed by atoms with Gasteiger partial charge >= 0.3 is 0 Å². The Morgan fingerprint density at radius 1 is 0.212 bits per heavy atom. The number of thiophene rings is 1. The van der Waals surface area contributed by atoms with E-state index >= 15 is 0 Å². The summed E-state index contributed by atoms with van der Waals surface area (Å²) in [5, 5.41) is 10.5. The van der Waals surface area contributed by atoms with Gasteiger partial charge in [0.25, 0.3) is 0 Å². The lowest BCUT2D eigenvalue weighted by atomic mass is 10.0. The van der Waals surface area contributed by atoms with E-state index in [9.17, 15) is 0 Å². The number of hydrogen-bond acceptors (Lipinski definition) is 3. The van der Waals surface area contributed by atoms with Crippen LogP contribution in [0.1, 0.15) is 514 Å². The lowest BCUT2D eigenvalue weighted by Gasteiger charge is -2.12. The van der Waals surface area contributed by atoms with Gasteiger partial charge in [-0.1, -0.05) is 476 Å². The number of fused-ring (bicyclic) bond motifs is 1. The van der Waals surface area contributed by atoms with Crippen LogP contribution < -0.4 is 0 Å². The Labute approximate surface area is 630 Å². The largest absolute Gasteiger partial charge is 0.247 e. The van der Waals surface area contributed by atoms with Gasteiger partial charge in [0.05, 0.1) is 19.8 Å². The van der Waals surface area contributed by atoms with E-state index in [0.29, 0.717) is 0 Å². The topological polar surface area (TPSA) is 25.8 Å². The van der Waals surface area contributed by atoms with Crippen LogP contribution in [-0.4, -0.2) is 9.97 Å². The molecule has 2 aromatic rings. The number of aryl methyl sites for hydroxylation is 2. The molecule has 2 nitrogen and oxygen atoms in total. The van der Waals surface area contributed by atoms with E-state index in [4.69, 9.17) is 9.97 Å². The fourth-order valence-corrected chi connectivity index (χ4v) is 21.6. The Morgan fingerprint density at radius 2 is 0.374 bits per heavy atom. The SMILES string of the molecule is CCCCCCCCCCCCCCCCCCCCC1=C[S](c2sc([S]3C=CC(CCCCCCCCCCCCCCCCCCCC)=C3)c3nc(CCCCCCCCCCCCCCCCCCCC)c(CCCCCCCCCCCCCCCCCCCC)nc23)C=C1. The van der Waals surface area contributed by atoms with Crippen LogP contribution in [0.5, 0.6) is 0 Å². The zero-order valence-corrected chi connectivity index (χ0v) is 69.8. The monoisotopic (exact) mass is 1420 g/mol. The summed E-state index contributed by atoms with van der Waals surface area (Å²) in [6, 6.07) is 0. The van der Waals surface area contributed by atoms with Crippen molar-refractivity contribution in [3.63, 3.8) is 0 Å². The van der Waals surface area contributed by atoms with E-state index in [1.165, 1.54) is 506 Å². The van der Waals surface area contributed by atoms with Gasteiger partial charge in [0, 0.05) is 0 Å². The minimum Gasteiger partial charge on any atom is -0.247 e. The van der Waals surface area contributed by atoms with Crippen molar-refractivity contribution in [3.8, 4) is 0 Å². The minimum atomic E-state index is -0.0356. The molecule has 0 amide bonds. The van der Waals surface area contributed by atoms with Crippen LogP contribution in [0.3, 0.4) is 0 Å². The summed E-state index contributed by atoms with van der Waals surface area (Å²) in [6.07, 6.45) is 113. The molecule has 0 saturated heterocycles. The van der Waals surface area contributed by atoms with Gasteiger partial charge < -0.3 is 0 Å². The molecule has 2 aliphatic heterocycles. The number of allylic oxidation sites excluding steroid dienone is 4. The quantitative estimate of drug-likeness (QED) is 0.0617.